The minimum absolute atomic E-state index is 0.202. The zero-order valence-corrected chi connectivity index (χ0v) is 13.7. The Kier molecular flexibility index (Phi) is 4.35. The average molecular weight is 337 g/mol. The fraction of sp³-hybridized carbons (Fsp3) is 0.263. The van der Waals surface area contributed by atoms with Crippen molar-refractivity contribution in [1.29, 1.82) is 0 Å². The highest BCUT2D eigenvalue weighted by Gasteiger charge is 2.15. The van der Waals surface area contributed by atoms with Gasteiger partial charge >= 0.3 is 0 Å². The van der Waals surface area contributed by atoms with Gasteiger partial charge in [-0.15, -0.1) is 0 Å². The SMILES string of the molecule is Oc1ccc(-c2nc(-c3ccc(OC4CCNCC4)cc3)no2)cc1. The number of aromatic nitrogens is 2. The highest BCUT2D eigenvalue weighted by atomic mass is 16.5. The van der Waals surface area contributed by atoms with E-state index in [0.29, 0.717) is 11.7 Å². The third-order valence-corrected chi connectivity index (χ3v) is 4.24. The first kappa shape index (κ1) is 15.7. The molecular formula is C19H19N3O3. The summed E-state index contributed by atoms with van der Waals surface area (Å²) in [6, 6.07) is 14.4. The first-order valence-corrected chi connectivity index (χ1v) is 8.39. The fourth-order valence-corrected chi connectivity index (χ4v) is 2.85. The van der Waals surface area contributed by atoms with Crippen molar-refractivity contribution in [2.75, 3.05) is 13.1 Å². The summed E-state index contributed by atoms with van der Waals surface area (Å²) < 4.78 is 11.3. The van der Waals surface area contributed by atoms with Crippen molar-refractivity contribution in [1.82, 2.24) is 15.5 Å². The third-order valence-electron chi connectivity index (χ3n) is 4.24. The van der Waals surface area contributed by atoms with Crippen molar-refractivity contribution in [3.8, 4) is 34.3 Å². The summed E-state index contributed by atoms with van der Waals surface area (Å²) in [5, 5.41) is 16.7. The highest BCUT2D eigenvalue weighted by molar-refractivity contribution is 5.60. The molecule has 0 atom stereocenters. The van der Waals surface area contributed by atoms with Gasteiger partial charge in [-0.25, -0.2) is 0 Å². The van der Waals surface area contributed by atoms with Gasteiger partial charge in [0.1, 0.15) is 17.6 Å². The summed E-state index contributed by atoms with van der Waals surface area (Å²) in [6.45, 7) is 2.01. The molecule has 0 amide bonds. The quantitative estimate of drug-likeness (QED) is 0.761. The Morgan fingerprint density at radius 3 is 2.36 bits per heavy atom. The molecule has 2 N–H and O–H groups in total. The molecule has 1 aliphatic rings. The minimum Gasteiger partial charge on any atom is -0.508 e. The van der Waals surface area contributed by atoms with Gasteiger partial charge < -0.3 is 19.7 Å². The lowest BCUT2D eigenvalue weighted by Crippen LogP contribution is -2.34. The molecule has 1 aliphatic heterocycles. The number of phenolic OH excluding ortho intramolecular Hbond substituents is 1. The Hall–Kier alpha value is -2.86. The summed E-state index contributed by atoms with van der Waals surface area (Å²) >= 11 is 0. The highest BCUT2D eigenvalue weighted by Crippen LogP contribution is 2.25. The van der Waals surface area contributed by atoms with Crippen LogP contribution in [0.5, 0.6) is 11.5 Å². The van der Waals surface area contributed by atoms with Crippen molar-refractivity contribution in [2.24, 2.45) is 0 Å². The lowest BCUT2D eigenvalue weighted by atomic mass is 10.1. The number of rotatable bonds is 4. The number of phenols is 1. The Morgan fingerprint density at radius 1 is 0.960 bits per heavy atom. The number of hydrogen-bond acceptors (Lipinski definition) is 6. The Morgan fingerprint density at radius 2 is 1.64 bits per heavy atom. The maximum absolute atomic E-state index is 9.35. The van der Waals surface area contributed by atoms with Crippen molar-refractivity contribution in [3.05, 3.63) is 48.5 Å². The Balaban J connectivity index is 1.47. The van der Waals surface area contributed by atoms with E-state index in [2.05, 4.69) is 15.5 Å². The van der Waals surface area contributed by atoms with Crippen LogP contribution in [0.25, 0.3) is 22.8 Å². The second kappa shape index (κ2) is 6.94. The lowest BCUT2D eigenvalue weighted by molar-refractivity contribution is 0.162. The van der Waals surface area contributed by atoms with Crippen LogP contribution in [-0.2, 0) is 0 Å². The molecule has 1 fully saturated rings. The van der Waals surface area contributed by atoms with Gasteiger partial charge in [0.25, 0.3) is 5.89 Å². The molecule has 0 saturated carbocycles. The van der Waals surface area contributed by atoms with Crippen LogP contribution in [0.4, 0.5) is 0 Å². The second-order valence-electron chi connectivity index (χ2n) is 6.06. The van der Waals surface area contributed by atoms with Gasteiger partial charge in [-0.05, 0) is 74.5 Å². The van der Waals surface area contributed by atoms with Crippen LogP contribution in [0.3, 0.4) is 0 Å². The molecule has 25 heavy (non-hydrogen) atoms. The van der Waals surface area contributed by atoms with Gasteiger partial charge in [0, 0.05) is 11.1 Å². The average Bonchev–Trinajstić information content (AvgIpc) is 3.14. The van der Waals surface area contributed by atoms with E-state index in [9.17, 15) is 5.11 Å². The van der Waals surface area contributed by atoms with E-state index in [1.807, 2.05) is 24.3 Å². The molecule has 1 saturated heterocycles. The van der Waals surface area contributed by atoms with Crippen LogP contribution < -0.4 is 10.1 Å². The largest absolute Gasteiger partial charge is 0.508 e. The van der Waals surface area contributed by atoms with Gasteiger partial charge in [0.15, 0.2) is 0 Å². The van der Waals surface area contributed by atoms with E-state index >= 15 is 0 Å². The second-order valence-corrected chi connectivity index (χ2v) is 6.06. The van der Waals surface area contributed by atoms with Gasteiger partial charge in [0.05, 0.1) is 0 Å². The summed E-state index contributed by atoms with van der Waals surface area (Å²) in [5.74, 6) is 2.01. The molecule has 0 bridgehead atoms. The van der Waals surface area contributed by atoms with Crippen molar-refractivity contribution in [3.63, 3.8) is 0 Å². The van der Waals surface area contributed by atoms with Gasteiger partial charge in [-0.1, -0.05) is 5.16 Å². The number of ether oxygens (including phenoxy) is 1. The van der Waals surface area contributed by atoms with E-state index in [1.54, 1.807) is 24.3 Å². The lowest BCUT2D eigenvalue weighted by Gasteiger charge is -2.23. The molecule has 128 valence electrons. The maximum Gasteiger partial charge on any atom is 0.258 e. The summed E-state index contributed by atoms with van der Waals surface area (Å²) in [5.41, 5.74) is 1.63. The molecule has 0 spiro atoms. The molecular weight excluding hydrogens is 318 g/mol. The van der Waals surface area contributed by atoms with E-state index in [1.165, 1.54) is 0 Å². The molecule has 4 rings (SSSR count). The molecule has 6 nitrogen and oxygen atoms in total. The van der Waals surface area contributed by atoms with Crippen LogP contribution in [0, 0.1) is 0 Å². The smallest absolute Gasteiger partial charge is 0.258 e. The first-order chi connectivity index (χ1) is 12.3. The fourth-order valence-electron chi connectivity index (χ4n) is 2.85. The predicted molar refractivity (Wildman–Crippen MR) is 93.4 cm³/mol. The molecule has 6 heteroatoms. The summed E-state index contributed by atoms with van der Waals surface area (Å²) in [7, 11) is 0. The topological polar surface area (TPSA) is 80.4 Å². The number of aromatic hydroxyl groups is 1. The van der Waals surface area contributed by atoms with Crippen LogP contribution in [0.2, 0.25) is 0 Å². The zero-order chi connectivity index (χ0) is 17.1. The van der Waals surface area contributed by atoms with Crippen molar-refractivity contribution in [2.45, 2.75) is 18.9 Å². The van der Waals surface area contributed by atoms with E-state index < -0.39 is 0 Å². The van der Waals surface area contributed by atoms with Crippen LogP contribution in [0.15, 0.2) is 53.1 Å². The molecule has 2 heterocycles. The molecule has 0 unspecified atom stereocenters. The Bertz CT molecular complexity index is 822. The zero-order valence-electron chi connectivity index (χ0n) is 13.7. The number of nitrogens with one attached hydrogen (secondary N) is 1. The summed E-state index contributed by atoms with van der Waals surface area (Å²) in [6.07, 6.45) is 2.34. The standard InChI is InChI=1S/C19H19N3O3/c23-15-5-1-14(2-6-15)19-21-18(22-25-19)13-3-7-16(8-4-13)24-17-9-11-20-12-10-17/h1-8,17,20,23H,9-12H2. The monoisotopic (exact) mass is 337 g/mol. The number of hydrogen-bond donors (Lipinski definition) is 2. The minimum atomic E-state index is 0.202. The van der Waals surface area contributed by atoms with Crippen molar-refractivity contribution >= 4 is 0 Å². The third kappa shape index (κ3) is 3.64. The van der Waals surface area contributed by atoms with Crippen molar-refractivity contribution < 1.29 is 14.4 Å². The summed E-state index contributed by atoms with van der Waals surface area (Å²) in [4.78, 5) is 4.42. The first-order valence-electron chi connectivity index (χ1n) is 8.39. The number of nitrogens with zero attached hydrogens (tertiary/aromatic N) is 2. The molecule has 3 aromatic rings. The molecule has 2 aromatic carbocycles. The maximum atomic E-state index is 9.35. The van der Waals surface area contributed by atoms with Crippen LogP contribution >= 0.6 is 0 Å². The van der Waals surface area contributed by atoms with Gasteiger partial charge in [-0.2, -0.15) is 4.98 Å². The molecule has 0 aliphatic carbocycles. The molecule has 0 radical (unpaired) electrons. The normalized spacial score (nSPS) is 15.2. The van der Waals surface area contributed by atoms with E-state index in [0.717, 1.165) is 42.8 Å². The van der Waals surface area contributed by atoms with Gasteiger partial charge in [-0.3, -0.25) is 0 Å². The Labute approximate surface area is 145 Å². The predicted octanol–water partition coefficient (Wildman–Crippen LogP) is 3.24. The van der Waals surface area contributed by atoms with E-state index in [4.69, 9.17) is 9.26 Å². The van der Waals surface area contributed by atoms with Crippen LogP contribution in [-0.4, -0.2) is 34.4 Å². The van der Waals surface area contributed by atoms with E-state index in [-0.39, 0.29) is 11.9 Å². The number of benzene rings is 2. The van der Waals surface area contributed by atoms with Crippen LogP contribution in [0.1, 0.15) is 12.8 Å². The molecule has 1 aromatic heterocycles. The van der Waals surface area contributed by atoms with Gasteiger partial charge in [0.2, 0.25) is 5.82 Å². The number of piperidine rings is 1.